The van der Waals surface area contributed by atoms with Gasteiger partial charge in [-0.25, -0.2) is 4.79 Å². The van der Waals surface area contributed by atoms with Crippen molar-refractivity contribution in [1.82, 2.24) is 0 Å². The van der Waals surface area contributed by atoms with Gasteiger partial charge in [0.05, 0.1) is 6.61 Å². The molecule has 1 unspecified atom stereocenters. The molecule has 0 N–H and O–H groups in total. The number of rotatable bonds is 5. The lowest BCUT2D eigenvalue weighted by Gasteiger charge is -2.13. The van der Waals surface area contributed by atoms with Crippen LogP contribution in [0.25, 0.3) is 0 Å². The highest BCUT2D eigenvalue weighted by Gasteiger charge is 2.20. The van der Waals surface area contributed by atoms with Gasteiger partial charge in [-0.3, -0.25) is 4.79 Å². The summed E-state index contributed by atoms with van der Waals surface area (Å²) in [6.45, 7) is 5.47. The zero-order valence-corrected chi connectivity index (χ0v) is 8.33. The van der Waals surface area contributed by atoms with Crippen molar-refractivity contribution < 1.29 is 19.1 Å². The quantitative estimate of drug-likeness (QED) is 0.610. The van der Waals surface area contributed by atoms with Crippen LogP contribution in [0.15, 0.2) is 0 Å². The first-order chi connectivity index (χ1) is 6.15. The molecule has 0 saturated carbocycles. The Balaban J connectivity index is 4.01. The summed E-state index contributed by atoms with van der Waals surface area (Å²) in [6.07, 6.45) is -0.0205. The second kappa shape index (κ2) is 6.46. The van der Waals surface area contributed by atoms with Gasteiger partial charge in [-0.15, -0.1) is 0 Å². The fourth-order valence-corrected chi connectivity index (χ4v) is 0.775. The number of carbonyl (C=O) groups excluding carboxylic acids is 2. The largest absolute Gasteiger partial charge is 0.463 e. The molecule has 1 atom stereocenters. The molecule has 0 rings (SSSR count). The van der Waals surface area contributed by atoms with Crippen LogP contribution in [0.3, 0.4) is 0 Å². The van der Waals surface area contributed by atoms with Crippen molar-refractivity contribution in [3.63, 3.8) is 0 Å². The van der Waals surface area contributed by atoms with Gasteiger partial charge in [0.15, 0.2) is 6.10 Å². The average Bonchev–Trinajstić information content (AvgIpc) is 2.14. The summed E-state index contributed by atoms with van der Waals surface area (Å²) in [7, 11) is 0. The maximum Gasteiger partial charge on any atom is 0.347 e. The first-order valence-corrected chi connectivity index (χ1v) is 4.51. The van der Waals surface area contributed by atoms with E-state index in [4.69, 9.17) is 9.47 Å². The van der Waals surface area contributed by atoms with Gasteiger partial charge in [-0.05, 0) is 13.3 Å². The zero-order valence-electron chi connectivity index (χ0n) is 8.33. The second-order valence-corrected chi connectivity index (χ2v) is 2.49. The van der Waals surface area contributed by atoms with Gasteiger partial charge in [-0.1, -0.05) is 13.8 Å². The Hall–Kier alpha value is -1.06. The summed E-state index contributed by atoms with van der Waals surface area (Å²) in [5, 5.41) is 0. The average molecular weight is 188 g/mol. The molecule has 0 aromatic carbocycles. The number of carbonyl (C=O) groups is 2. The molecule has 0 aromatic heterocycles. The van der Waals surface area contributed by atoms with Gasteiger partial charge < -0.3 is 9.47 Å². The van der Waals surface area contributed by atoms with E-state index in [-0.39, 0.29) is 12.4 Å². The van der Waals surface area contributed by atoms with E-state index < -0.39 is 12.1 Å². The molecule has 0 aromatic rings. The van der Waals surface area contributed by atoms with Crippen LogP contribution < -0.4 is 0 Å². The molecule has 0 spiro atoms. The molecule has 76 valence electrons. The van der Waals surface area contributed by atoms with Crippen molar-refractivity contribution in [3.8, 4) is 0 Å². The standard InChI is InChI=1S/C9H16O4/c1-4-7(9(11)12-6-3)13-8(10)5-2/h7H,4-6H2,1-3H3. The summed E-state index contributed by atoms with van der Waals surface area (Å²) in [5.74, 6) is -0.841. The van der Waals surface area contributed by atoms with Crippen LogP contribution in [0.5, 0.6) is 0 Å². The Morgan fingerprint density at radius 1 is 1.23 bits per heavy atom. The first kappa shape index (κ1) is 11.9. The monoisotopic (exact) mass is 188 g/mol. The maximum absolute atomic E-state index is 11.1. The molecule has 0 aliphatic carbocycles. The minimum absolute atomic E-state index is 0.274. The van der Waals surface area contributed by atoms with Gasteiger partial charge in [0, 0.05) is 6.42 Å². The van der Waals surface area contributed by atoms with Crippen molar-refractivity contribution >= 4 is 11.9 Å². The van der Waals surface area contributed by atoms with Gasteiger partial charge >= 0.3 is 11.9 Å². The van der Waals surface area contributed by atoms with Crippen LogP contribution in [-0.2, 0) is 19.1 Å². The normalized spacial score (nSPS) is 11.9. The van der Waals surface area contributed by atoms with Crippen LogP contribution in [0.2, 0.25) is 0 Å². The molecule has 0 heterocycles. The maximum atomic E-state index is 11.1. The molecule has 0 aliphatic heterocycles. The summed E-state index contributed by atoms with van der Waals surface area (Å²) in [5.41, 5.74) is 0. The van der Waals surface area contributed by atoms with E-state index in [2.05, 4.69) is 0 Å². The van der Waals surface area contributed by atoms with E-state index in [1.165, 1.54) is 0 Å². The predicted octanol–water partition coefficient (Wildman–Crippen LogP) is 1.28. The minimum atomic E-state index is -0.743. The Labute approximate surface area is 78.2 Å². The highest BCUT2D eigenvalue weighted by molar-refractivity contribution is 5.79. The second-order valence-electron chi connectivity index (χ2n) is 2.49. The Bertz CT molecular complexity index is 176. The molecule has 13 heavy (non-hydrogen) atoms. The van der Waals surface area contributed by atoms with Crippen molar-refractivity contribution in [1.29, 1.82) is 0 Å². The van der Waals surface area contributed by atoms with E-state index in [0.29, 0.717) is 13.0 Å². The van der Waals surface area contributed by atoms with E-state index in [9.17, 15) is 9.59 Å². The number of ether oxygens (including phenoxy) is 2. The molecule has 0 fully saturated rings. The van der Waals surface area contributed by atoms with Crippen molar-refractivity contribution in [2.45, 2.75) is 39.7 Å². The van der Waals surface area contributed by atoms with Crippen LogP contribution >= 0.6 is 0 Å². The minimum Gasteiger partial charge on any atom is -0.463 e. The van der Waals surface area contributed by atoms with Gasteiger partial charge in [0.25, 0.3) is 0 Å². The van der Waals surface area contributed by atoms with Crippen LogP contribution in [0.1, 0.15) is 33.6 Å². The lowest BCUT2D eigenvalue weighted by Crippen LogP contribution is -2.28. The molecule has 0 saturated heterocycles. The lowest BCUT2D eigenvalue weighted by molar-refractivity contribution is -0.167. The topological polar surface area (TPSA) is 52.6 Å². The summed E-state index contributed by atoms with van der Waals surface area (Å²) in [4.78, 5) is 22.0. The Morgan fingerprint density at radius 2 is 1.85 bits per heavy atom. The smallest absolute Gasteiger partial charge is 0.347 e. The third-order valence-corrected chi connectivity index (χ3v) is 1.48. The SMILES string of the molecule is CCOC(=O)C(CC)OC(=O)CC. The van der Waals surface area contributed by atoms with E-state index >= 15 is 0 Å². The van der Waals surface area contributed by atoms with E-state index in [1.54, 1.807) is 20.8 Å². The predicted molar refractivity (Wildman–Crippen MR) is 47.1 cm³/mol. The molecule has 4 heteroatoms. The highest BCUT2D eigenvalue weighted by atomic mass is 16.6. The van der Waals surface area contributed by atoms with E-state index in [1.807, 2.05) is 0 Å². The third-order valence-electron chi connectivity index (χ3n) is 1.48. The Morgan fingerprint density at radius 3 is 2.23 bits per heavy atom. The van der Waals surface area contributed by atoms with Crippen LogP contribution in [0, 0.1) is 0 Å². The molecule has 0 aliphatic rings. The van der Waals surface area contributed by atoms with Crippen LogP contribution in [-0.4, -0.2) is 24.6 Å². The molecule has 4 nitrogen and oxygen atoms in total. The van der Waals surface area contributed by atoms with Crippen molar-refractivity contribution in [2.75, 3.05) is 6.61 Å². The first-order valence-electron chi connectivity index (χ1n) is 4.51. The summed E-state index contributed by atoms with van der Waals surface area (Å²) >= 11 is 0. The van der Waals surface area contributed by atoms with Gasteiger partial charge in [-0.2, -0.15) is 0 Å². The summed E-state index contributed by atoms with van der Waals surface area (Å²) < 4.78 is 9.57. The van der Waals surface area contributed by atoms with Gasteiger partial charge in [0.2, 0.25) is 0 Å². The van der Waals surface area contributed by atoms with E-state index in [0.717, 1.165) is 0 Å². The third kappa shape index (κ3) is 4.50. The number of hydrogen-bond donors (Lipinski definition) is 0. The molecular weight excluding hydrogens is 172 g/mol. The Kier molecular flexibility index (Phi) is 5.93. The lowest BCUT2D eigenvalue weighted by atomic mass is 10.3. The van der Waals surface area contributed by atoms with Crippen LogP contribution in [0.4, 0.5) is 0 Å². The number of esters is 2. The highest BCUT2D eigenvalue weighted by Crippen LogP contribution is 2.02. The zero-order chi connectivity index (χ0) is 10.3. The fourth-order valence-electron chi connectivity index (χ4n) is 0.775. The van der Waals surface area contributed by atoms with Crippen molar-refractivity contribution in [3.05, 3.63) is 0 Å². The van der Waals surface area contributed by atoms with Gasteiger partial charge in [0.1, 0.15) is 0 Å². The number of hydrogen-bond acceptors (Lipinski definition) is 4. The fraction of sp³-hybridized carbons (Fsp3) is 0.778. The molecule has 0 radical (unpaired) electrons. The molecule has 0 amide bonds. The van der Waals surface area contributed by atoms with Crippen molar-refractivity contribution in [2.24, 2.45) is 0 Å². The molecule has 0 bridgehead atoms. The summed E-state index contributed by atoms with van der Waals surface area (Å²) in [6, 6.07) is 0. The molecular formula is C9H16O4.